The van der Waals surface area contributed by atoms with Crippen LogP contribution in [0.5, 0.6) is 5.75 Å². The van der Waals surface area contributed by atoms with Crippen LogP contribution in [0.15, 0.2) is 29.8 Å². The molecule has 1 fully saturated rings. The second-order valence-electron chi connectivity index (χ2n) is 9.40. The Kier molecular flexibility index (Phi) is 10.2. The molecule has 1 aliphatic rings. The largest absolute Gasteiger partial charge is 0.463 e. The zero-order valence-electron chi connectivity index (χ0n) is 22.4. The number of rotatable bonds is 8. The van der Waals surface area contributed by atoms with Crippen LogP contribution in [-0.2, 0) is 39.8 Å². The Labute approximate surface area is 230 Å². The molecule has 0 saturated carbocycles. The Morgan fingerprint density at radius 3 is 2.59 bits per heavy atom. The van der Waals surface area contributed by atoms with Gasteiger partial charge in [-0.15, -0.1) is 11.3 Å². The molecule has 11 nitrogen and oxygen atoms in total. The van der Waals surface area contributed by atoms with Crippen LogP contribution >= 0.6 is 11.3 Å². The Morgan fingerprint density at radius 1 is 1.21 bits per heavy atom. The number of aryl methyl sites for hydroxylation is 1. The second kappa shape index (κ2) is 13.3. The molecule has 1 saturated heterocycles. The Balaban J connectivity index is 1.79. The summed E-state index contributed by atoms with van der Waals surface area (Å²) in [6, 6.07) is 3.78. The fourth-order valence-corrected chi connectivity index (χ4v) is 4.54. The molecule has 0 radical (unpaired) electrons. The molecule has 1 amide bonds. The minimum absolute atomic E-state index is 0.0109. The van der Waals surface area contributed by atoms with Gasteiger partial charge in [-0.05, 0) is 43.3 Å². The summed E-state index contributed by atoms with van der Waals surface area (Å²) in [4.78, 5) is 68.7. The van der Waals surface area contributed by atoms with Crippen molar-refractivity contribution < 1.29 is 42.9 Å². The van der Waals surface area contributed by atoms with Crippen molar-refractivity contribution in [3.63, 3.8) is 0 Å². The van der Waals surface area contributed by atoms with Gasteiger partial charge in [0.2, 0.25) is 0 Å². The maximum Gasteiger partial charge on any atom is 0.332 e. The predicted octanol–water partition coefficient (Wildman–Crippen LogP) is 2.78. The number of hydrogen-bond donors (Lipinski definition) is 1. The standard InChI is InChI=1S/C27H32N2O9S/c1-6-18-23(38-25(32)14(2)3)16(5)36-27(34)19(13-35-26(18)33)29-24(31)21-22(15(4)9-10-28-21)37-20(30)12-17-8-7-11-39-17/h7-11,14,16,18-19,23H,6,12-13H2,1-5H3,(H,29,31)/t16-,18+,19-,23-/m0/s1. The molecule has 3 rings (SSSR count). The monoisotopic (exact) mass is 560 g/mol. The number of thiophene rings is 1. The van der Waals surface area contributed by atoms with E-state index >= 15 is 0 Å². The zero-order valence-corrected chi connectivity index (χ0v) is 23.2. The quantitative estimate of drug-likeness (QED) is 0.377. The highest BCUT2D eigenvalue weighted by Crippen LogP contribution is 2.25. The number of esters is 4. The topological polar surface area (TPSA) is 147 Å². The number of pyridine rings is 1. The van der Waals surface area contributed by atoms with Gasteiger partial charge in [0.1, 0.15) is 12.7 Å². The molecule has 2 aromatic rings. The van der Waals surface area contributed by atoms with Gasteiger partial charge in [0, 0.05) is 11.1 Å². The van der Waals surface area contributed by atoms with Crippen molar-refractivity contribution in [2.24, 2.45) is 11.8 Å². The van der Waals surface area contributed by atoms with E-state index in [1.54, 1.807) is 39.8 Å². The number of carbonyl (C=O) groups excluding carboxylic acids is 5. The molecule has 0 aliphatic carbocycles. The highest BCUT2D eigenvalue weighted by molar-refractivity contribution is 7.10. The van der Waals surface area contributed by atoms with E-state index in [-0.39, 0.29) is 24.3 Å². The summed E-state index contributed by atoms with van der Waals surface area (Å²) < 4.78 is 21.8. The number of nitrogens with zero attached hydrogens (tertiary/aromatic N) is 1. The molecule has 210 valence electrons. The smallest absolute Gasteiger partial charge is 0.332 e. The van der Waals surface area contributed by atoms with Gasteiger partial charge in [-0.1, -0.05) is 26.8 Å². The van der Waals surface area contributed by atoms with Crippen molar-refractivity contribution in [3.05, 3.63) is 45.9 Å². The van der Waals surface area contributed by atoms with Gasteiger partial charge in [-0.3, -0.25) is 19.2 Å². The van der Waals surface area contributed by atoms with E-state index in [0.717, 1.165) is 4.88 Å². The third kappa shape index (κ3) is 7.62. The van der Waals surface area contributed by atoms with E-state index in [0.29, 0.717) is 5.56 Å². The van der Waals surface area contributed by atoms with Crippen molar-refractivity contribution in [1.82, 2.24) is 10.3 Å². The van der Waals surface area contributed by atoms with Crippen LogP contribution < -0.4 is 10.1 Å². The molecule has 0 spiro atoms. The summed E-state index contributed by atoms with van der Waals surface area (Å²) >= 11 is 1.40. The first-order chi connectivity index (χ1) is 18.5. The number of amides is 1. The van der Waals surface area contributed by atoms with E-state index in [1.165, 1.54) is 24.5 Å². The SMILES string of the molecule is CC[C@H]1C(=O)OC[C@H](NC(=O)c2nccc(C)c2OC(=O)Cc2cccs2)C(=O)O[C@@H](C)[C@@H]1OC(=O)C(C)C. The molecule has 39 heavy (non-hydrogen) atoms. The summed E-state index contributed by atoms with van der Waals surface area (Å²) in [6.07, 6.45) is -0.424. The molecule has 0 bridgehead atoms. The average Bonchev–Trinajstić information content (AvgIpc) is 3.40. The lowest BCUT2D eigenvalue weighted by atomic mass is 9.95. The molecule has 4 atom stereocenters. The molecular weight excluding hydrogens is 528 g/mol. The first kappa shape index (κ1) is 29.8. The Bertz CT molecular complexity index is 1210. The molecule has 0 unspecified atom stereocenters. The minimum Gasteiger partial charge on any atom is -0.463 e. The van der Waals surface area contributed by atoms with Gasteiger partial charge in [-0.25, -0.2) is 9.78 Å². The van der Waals surface area contributed by atoms with Gasteiger partial charge in [-0.2, -0.15) is 0 Å². The highest BCUT2D eigenvalue weighted by Gasteiger charge is 2.41. The van der Waals surface area contributed by atoms with Crippen LogP contribution in [0.25, 0.3) is 0 Å². The number of hydrogen-bond acceptors (Lipinski definition) is 11. The lowest BCUT2D eigenvalue weighted by Gasteiger charge is -2.29. The predicted molar refractivity (Wildman–Crippen MR) is 139 cm³/mol. The van der Waals surface area contributed by atoms with Crippen LogP contribution in [-0.4, -0.2) is 59.6 Å². The van der Waals surface area contributed by atoms with E-state index in [4.69, 9.17) is 18.9 Å². The summed E-state index contributed by atoms with van der Waals surface area (Å²) in [6.45, 7) is 7.64. The third-order valence-corrected chi connectivity index (χ3v) is 6.92. The van der Waals surface area contributed by atoms with Crippen LogP contribution in [0.2, 0.25) is 0 Å². The Morgan fingerprint density at radius 2 is 1.95 bits per heavy atom. The van der Waals surface area contributed by atoms with E-state index in [2.05, 4.69) is 10.3 Å². The van der Waals surface area contributed by atoms with Gasteiger partial charge in [0.15, 0.2) is 23.6 Å². The Hall–Kier alpha value is -3.80. The van der Waals surface area contributed by atoms with E-state index in [9.17, 15) is 24.0 Å². The molecule has 12 heteroatoms. The maximum atomic E-state index is 13.2. The number of carbonyl (C=O) groups is 5. The van der Waals surface area contributed by atoms with Crippen LogP contribution in [0.1, 0.15) is 55.0 Å². The normalized spacial score (nSPS) is 21.6. The zero-order chi connectivity index (χ0) is 28.7. The summed E-state index contributed by atoms with van der Waals surface area (Å²) in [5, 5.41) is 4.30. The first-order valence-electron chi connectivity index (χ1n) is 12.6. The maximum absolute atomic E-state index is 13.2. The fourth-order valence-electron chi connectivity index (χ4n) is 3.85. The van der Waals surface area contributed by atoms with Gasteiger partial charge in [0.25, 0.3) is 5.91 Å². The average molecular weight is 561 g/mol. The number of cyclic esters (lactones) is 2. The van der Waals surface area contributed by atoms with Crippen LogP contribution in [0, 0.1) is 18.8 Å². The number of nitrogens with one attached hydrogen (secondary N) is 1. The number of ether oxygens (including phenoxy) is 4. The van der Waals surface area contributed by atoms with E-state index in [1.807, 2.05) is 11.4 Å². The summed E-state index contributed by atoms with van der Waals surface area (Å²) in [5.74, 6) is -4.95. The van der Waals surface area contributed by atoms with Gasteiger partial charge in [0.05, 0.1) is 18.3 Å². The lowest BCUT2D eigenvalue weighted by molar-refractivity contribution is -0.176. The molecular formula is C27H32N2O9S. The van der Waals surface area contributed by atoms with Crippen molar-refractivity contribution in [3.8, 4) is 5.75 Å². The van der Waals surface area contributed by atoms with Crippen molar-refractivity contribution >= 4 is 41.1 Å². The highest BCUT2D eigenvalue weighted by atomic mass is 32.1. The first-order valence-corrected chi connectivity index (χ1v) is 13.5. The summed E-state index contributed by atoms with van der Waals surface area (Å²) in [7, 11) is 0. The van der Waals surface area contributed by atoms with Gasteiger partial charge < -0.3 is 24.3 Å². The molecule has 3 heterocycles. The molecule has 1 N–H and O–H groups in total. The minimum atomic E-state index is -1.39. The third-order valence-electron chi connectivity index (χ3n) is 6.04. The van der Waals surface area contributed by atoms with Gasteiger partial charge >= 0.3 is 23.9 Å². The van der Waals surface area contributed by atoms with Crippen LogP contribution in [0.4, 0.5) is 0 Å². The summed E-state index contributed by atoms with van der Waals surface area (Å²) in [5.41, 5.74) is 0.254. The van der Waals surface area contributed by atoms with E-state index < -0.39 is 66.5 Å². The van der Waals surface area contributed by atoms with Crippen molar-refractivity contribution in [2.75, 3.05) is 6.61 Å². The number of aromatic nitrogens is 1. The molecule has 2 aromatic heterocycles. The van der Waals surface area contributed by atoms with Crippen molar-refractivity contribution in [2.45, 2.75) is 65.7 Å². The molecule has 1 aliphatic heterocycles. The second-order valence-corrected chi connectivity index (χ2v) is 10.4. The lowest BCUT2D eigenvalue weighted by Crippen LogP contribution is -2.47. The van der Waals surface area contributed by atoms with Crippen LogP contribution in [0.3, 0.4) is 0 Å². The van der Waals surface area contributed by atoms with Crippen molar-refractivity contribution in [1.29, 1.82) is 0 Å². The molecule has 0 aromatic carbocycles. The fraction of sp³-hybridized carbons (Fsp3) is 0.481.